The zero-order valence-electron chi connectivity index (χ0n) is 14.6. The molecule has 0 amide bonds. The SMILES string of the molecule is [2H]c1c(N)c(C(C)(C)C)cc(C(C)(C)C([2H])([2H])[2H])c1O. The second-order valence-electron chi connectivity index (χ2n) is 5.73. The minimum Gasteiger partial charge on any atom is -0.508 e. The Hall–Kier alpha value is -1.18. The summed E-state index contributed by atoms with van der Waals surface area (Å²) < 4.78 is 30.9. The fraction of sp³-hybridized carbons (Fsp3) is 0.571. The number of nitrogen functional groups attached to an aromatic ring is 1. The van der Waals surface area contributed by atoms with Crippen LogP contribution >= 0.6 is 0 Å². The highest BCUT2D eigenvalue weighted by Crippen LogP contribution is 2.38. The summed E-state index contributed by atoms with van der Waals surface area (Å²) in [5, 5.41) is 10.2. The van der Waals surface area contributed by atoms with E-state index in [0.717, 1.165) is 0 Å². The summed E-state index contributed by atoms with van der Waals surface area (Å²) >= 11 is 0. The minimum absolute atomic E-state index is 0.195. The van der Waals surface area contributed by atoms with Gasteiger partial charge < -0.3 is 10.8 Å². The molecule has 0 aliphatic heterocycles. The third-order valence-electron chi connectivity index (χ3n) is 2.57. The predicted octanol–water partition coefficient (Wildman–Crippen LogP) is 3.57. The molecule has 1 aromatic carbocycles. The van der Waals surface area contributed by atoms with Crippen molar-refractivity contribution in [2.24, 2.45) is 0 Å². The van der Waals surface area contributed by atoms with Crippen molar-refractivity contribution < 1.29 is 10.6 Å². The zero-order valence-corrected chi connectivity index (χ0v) is 10.6. The Morgan fingerprint density at radius 2 is 1.75 bits per heavy atom. The summed E-state index contributed by atoms with van der Waals surface area (Å²) in [5.74, 6) is -0.350. The zero-order chi connectivity index (χ0) is 16.1. The Morgan fingerprint density at radius 3 is 2.19 bits per heavy atom. The van der Waals surface area contributed by atoms with E-state index in [0.29, 0.717) is 5.56 Å². The lowest BCUT2D eigenvalue weighted by Gasteiger charge is -2.27. The van der Waals surface area contributed by atoms with E-state index in [-0.39, 0.29) is 28.5 Å². The molecule has 0 aromatic heterocycles. The smallest absolute Gasteiger partial charge is 0.121 e. The molecule has 0 saturated carbocycles. The normalized spacial score (nSPS) is 17.3. The van der Waals surface area contributed by atoms with Crippen molar-refractivity contribution in [2.45, 2.75) is 52.3 Å². The first kappa shape index (κ1) is 7.99. The maximum Gasteiger partial charge on any atom is 0.121 e. The van der Waals surface area contributed by atoms with Crippen LogP contribution in [0.5, 0.6) is 5.75 Å². The monoisotopic (exact) mass is 225 g/mol. The Morgan fingerprint density at radius 1 is 1.19 bits per heavy atom. The number of benzene rings is 1. The van der Waals surface area contributed by atoms with Crippen molar-refractivity contribution in [1.29, 1.82) is 0 Å². The van der Waals surface area contributed by atoms with E-state index in [1.807, 2.05) is 20.8 Å². The lowest BCUT2D eigenvalue weighted by atomic mass is 9.79. The van der Waals surface area contributed by atoms with Gasteiger partial charge in [0.15, 0.2) is 0 Å². The molecule has 0 aliphatic carbocycles. The molecule has 0 aliphatic rings. The Kier molecular flexibility index (Phi) is 1.84. The van der Waals surface area contributed by atoms with Gasteiger partial charge in [-0.15, -0.1) is 0 Å². The van der Waals surface area contributed by atoms with Gasteiger partial charge in [0.25, 0.3) is 0 Å². The van der Waals surface area contributed by atoms with Crippen LogP contribution in [0.25, 0.3) is 0 Å². The molecule has 0 fully saturated rings. The first-order chi connectivity index (χ1) is 8.71. The van der Waals surface area contributed by atoms with Gasteiger partial charge in [0, 0.05) is 15.8 Å². The first-order valence-corrected chi connectivity index (χ1v) is 5.34. The molecule has 0 bridgehead atoms. The molecule has 1 rings (SSSR count). The fourth-order valence-corrected chi connectivity index (χ4v) is 1.65. The quantitative estimate of drug-likeness (QED) is 0.663. The van der Waals surface area contributed by atoms with E-state index in [2.05, 4.69) is 0 Å². The minimum atomic E-state index is -2.29. The molecule has 2 nitrogen and oxygen atoms in total. The highest BCUT2D eigenvalue weighted by molar-refractivity contribution is 5.58. The van der Waals surface area contributed by atoms with Crippen LogP contribution in [0.2, 0.25) is 0 Å². The fourth-order valence-electron chi connectivity index (χ4n) is 1.65. The van der Waals surface area contributed by atoms with Gasteiger partial charge in [-0.3, -0.25) is 0 Å². The van der Waals surface area contributed by atoms with Crippen LogP contribution in [0.4, 0.5) is 5.69 Å². The van der Waals surface area contributed by atoms with Crippen LogP contribution in [0, 0.1) is 0 Å². The van der Waals surface area contributed by atoms with Crippen LogP contribution in [-0.2, 0) is 10.8 Å². The highest BCUT2D eigenvalue weighted by Gasteiger charge is 2.24. The van der Waals surface area contributed by atoms with Crippen molar-refractivity contribution in [3.05, 3.63) is 23.2 Å². The van der Waals surface area contributed by atoms with Gasteiger partial charge in [0.1, 0.15) is 5.75 Å². The Bertz CT molecular complexity index is 527. The van der Waals surface area contributed by atoms with Gasteiger partial charge >= 0.3 is 0 Å². The van der Waals surface area contributed by atoms with Crippen LogP contribution < -0.4 is 5.73 Å². The molecule has 0 unspecified atom stereocenters. The number of rotatable bonds is 0. The van der Waals surface area contributed by atoms with Crippen molar-refractivity contribution in [3.63, 3.8) is 0 Å². The molecular formula is C14H23NO. The molecule has 2 heteroatoms. The number of nitrogens with two attached hydrogens (primary N) is 1. The lowest BCUT2D eigenvalue weighted by Crippen LogP contribution is -2.18. The van der Waals surface area contributed by atoms with E-state index >= 15 is 0 Å². The van der Waals surface area contributed by atoms with Gasteiger partial charge in [0.2, 0.25) is 0 Å². The average molecular weight is 225 g/mol. The maximum atomic E-state index is 10.2. The van der Waals surface area contributed by atoms with Crippen LogP contribution in [-0.4, -0.2) is 5.11 Å². The second-order valence-corrected chi connectivity index (χ2v) is 5.73. The van der Waals surface area contributed by atoms with E-state index in [1.54, 1.807) is 6.07 Å². The molecule has 16 heavy (non-hydrogen) atoms. The molecule has 90 valence electrons. The summed E-state index contributed by atoms with van der Waals surface area (Å²) in [6, 6.07) is 1.42. The number of phenolic OH excluding ortho intramolecular Hbond substituents is 1. The number of phenols is 1. The molecular weight excluding hydrogens is 198 g/mol. The summed E-state index contributed by atoms with van der Waals surface area (Å²) in [7, 11) is 0. The van der Waals surface area contributed by atoms with E-state index < -0.39 is 12.3 Å². The maximum absolute atomic E-state index is 10.2. The molecule has 0 heterocycles. The number of aromatic hydroxyl groups is 1. The molecule has 1 aromatic rings. The average Bonchev–Trinajstić information content (AvgIpc) is 2.22. The van der Waals surface area contributed by atoms with Crippen molar-refractivity contribution in [2.75, 3.05) is 5.73 Å². The van der Waals surface area contributed by atoms with E-state index in [9.17, 15) is 5.11 Å². The van der Waals surface area contributed by atoms with Gasteiger partial charge in [-0.2, -0.15) is 0 Å². The van der Waals surface area contributed by atoms with E-state index in [4.69, 9.17) is 11.2 Å². The van der Waals surface area contributed by atoms with Gasteiger partial charge in [-0.05, 0) is 28.0 Å². The molecule has 0 spiro atoms. The number of hydrogen-bond donors (Lipinski definition) is 2. The van der Waals surface area contributed by atoms with Crippen LogP contribution in [0.3, 0.4) is 0 Å². The van der Waals surface area contributed by atoms with Crippen LogP contribution in [0.1, 0.15) is 58.1 Å². The van der Waals surface area contributed by atoms with Crippen molar-refractivity contribution in [3.8, 4) is 5.75 Å². The third kappa shape index (κ3) is 2.49. The summed E-state index contributed by atoms with van der Waals surface area (Å²) in [5.41, 5.74) is 5.41. The van der Waals surface area contributed by atoms with Crippen molar-refractivity contribution in [1.82, 2.24) is 0 Å². The number of anilines is 1. The first-order valence-electron chi connectivity index (χ1n) is 7.34. The predicted molar refractivity (Wildman–Crippen MR) is 69.9 cm³/mol. The Labute approximate surface area is 104 Å². The molecule has 0 saturated heterocycles. The molecule has 3 N–H and O–H groups in total. The lowest BCUT2D eigenvalue weighted by molar-refractivity contribution is 0.445. The molecule has 0 radical (unpaired) electrons. The van der Waals surface area contributed by atoms with Gasteiger partial charge in [-0.25, -0.2) is 0 Å². The highest BCUT2D eigenvalue weighted by atomic mass is 16.3. The van der Waals surface area contributed by atoms with E-state index in [1.165, 1.54) is 13.8 Å². The van der Waals surface area contributed by atoms with Gasteiger partial charge in [-0.1, -0.05) is 41.5 Å². The topological polar surface area (TPSA) is 46.2 Å². The Balaban J connectivity index is 3.71. The summed E-state index contributed by atoms with van der Waals surface area (Å²) in [6.45, 7) is 6.58. The number of hydrogen-bond acceptors (Lipinski definition) is 2. The van der Waals surface area contributed by atoms with Gasteiger partial charge in [0.05, 0.1) is 1.37 Å². The van der Waals surface area contributed by atoms with Crippen LogP contribution in [0.15, 0.2) is 12.1 Å². The summed E-state index contributed by atoms with van der Waals surface area (Å²) in [4.78, 5) is 0. The summed E-state index contributed by atoms with van der Waals surface area (Å²) in [6.07, 6.45) is 0. The largest absolute Gasteiger partial charge is 0.508 e. The standard InChI is InChI=1S/C14H23NO/c1-13(2,3)9-7-10(14(4,5)6)12(16)8-11(9)15/h7-8,16H,15H2,1-6H3/i4D3,8D. The molecule has 0 atom stereocenters. The third-order valence-corrected chi connectivity index (χ3v) is 2.57. The van der Waals surface area contributed by atoms with Crippen molar-refractivity contribution >= 4 is 5.69 Å². The second kappa shape index (κ2) is 3.69.